The van der Waals surface area contributed by atoms with E-state index < -0.39 is 0 Å². The van der Waals surface area contributed by atoms with Gasteiger partial charge < -0.3 is 9.73 Å². The van der Waals surface area contributed by atoms with Crippen LogP contribution >= 0.6 is 0 Å². The van der Waals surface area contributed by atoms with Gasteiger partial charge in [-0.3, -0.25) is 4.98 Å². The Balaban J connectivity index is 2.28. The number of nitrogens with zero attached hydrogens (tertiary/aromatic N) is 2. The fourth-order valence-electron chi connectivity index (χ4n) is 1.24. The van der Waals surface area contributed by atoms with Gasteiger partial charge in [-0.15, -0.1) is 0 Å². The quantitative estimate of drug-likeness (QED) is 0.829. The highest BCUT2D eigenvalue weighted by Crippen LogP contribution is 2.18. The molecule has 15 heavy (non-hydrogen) atoms. The van der Waals surface area contributed by atoms with Gasteiger partial charge in [0.1, 0.15) is 12.0 Å². The third kappa shape index (κ3) is 2.05. The normalized spacial score (nSPS) is 12.7. The summed E-state index contributed by atoms with van der Waals surface area (Å²) in [7, 11) is 1.89. The van der Waals surface area contributed by atoms with E-state index in [1.807, 2.05) is 32.2 Å². The van der Waals surface area contributed by atoms with E-state index in [1.165, 1.54) is 0 Å². The molecule has 78 valence electrons. The molecule has 2 aromatic heterocycles. The molecule has 2 rings (SSSR count). The van der Waals surface area contributed by atoms with E-state index >= 15 is 0 Å². The van der Waals surface area contributed by atoms with Crippen LogP contribution in [0.5, 0.6) is 0 Å². The fourth-order valence-corrected chi connectivity index (χ4v) is 1.24. The second kappa shape index (κ2) is 4.23. The van der Waals surface area contributed by atoms with Crippen LogP contribution in [0.4, 0.5) is 0 Å². The molecule has 0 aromatic carbocycles. The molecule has 4 nitrogen and oxygen atoms in total. The lowest BCUT2D eigenvalue weighted by Gasteiger charge is -2.03. The van der Waals surface area contributed by atoms with Crippen molar-refractivity contribution in [2.75, 3.05) is 7.05 Å². The summed E-state index contributed by atoms with van der Waals surface area (Å²) in [5, 5.41) is 3.10. The molecule has 0 aliphatic rings. The van der Waals surface area contributed by atoms with Crippen LogP contribution in [-0.2, 0) is 0 Å². The van der Waals surface area contributed by atoms with Crippen LogP contribution in [0.3, 0.4) is 0 Å². The molecule has 1 N–H and O–H groups in total. The van der Waals surface area contributed by atoms with E-state index in [2.05, 4.69) is 15.3 Å². The third-order valence-corrected chi connectivity index (χ3v) is 2.28. The van der Waals surface area contributed by atoms with Crippen LogP contribution in [-0.4, -0.2) is 17.0 Å². The predicted molar refractivity (Wildman–Crippen MR) is 57.2 cm³/mol. The summed E-state index contributed by atoms with van der Waals surface area (Å²) < 4.78 is 5.36. The molecule has 0 radical (unpaired) electrons. The minimum absolute atomic E-state index is 0.186. The summed E-state index contributed by atoms with van der Waals surface area (Å²) in [6.45, 7) is 2.03. The number of hydrogen-bond donors (Lipinski definition) is 1. The number of hydrogen-bond acceptors (Lipinski definition) is 4. The molecule has 0 saturated carbocycles. The van der Waals surface area contributed by atoms with E-state index in [1.54, 1.807) is 12.5 Å². The molecule has 1 unspecified atom stereocenters. The van der Waals surface area contributed by atoms with Gasteiger partial charge in [-0.2, -0.15) is 0 Å². The smallest absolute Gasteiger partial charge is 0.245 e. The van der Waals surface area contributed by atoms with E-state index in [9.17, 15) is 0 Å². The van der Waals surface area contributed by atoms with E-state index in [0.29, 0.717) is 5.89 Å². The maximum absolute atomic E-state index is 5.36. The number of oxazole rings is 1. The molecule has 0 saturated heterocycles. The van der Waals surface area contributed by atoms with Crippen LogP contribution in [0.15, 0.2) is 35.1 Å². The fraction of sp³-hybridized carbons (Fsp3) is 0.273. The van der Waals surface area contributed by atoms with E-state index in [0.717, 1.165) is 11.4 Å². The van der Waals surface area contributed by atoms with Crippen molar-refractivity contribution in [1.82, 2.24) is 15.3 Å². The van der Waals surface area contributed by atoms with E-state index in [-0.39, 0.29) is 6.04 Å². The number of rotatable bonds is 3. The van der Waals surface area contributed by atoms with Crippen molar-refractivity contribution in [3.8, 4) is 11.6 Å². The van der Waals surface area contributed by atoms with Crippen molar-refractivity contribution < 1.29 is 4.42 Å². The first-order valence-corrected chi connectivity index (χ1v) is 4.85. The van der Waals surface area contributed by atoms with Gasteiger partial charge in [0.25, 0.3) is 0 Å². The van der Waals surface area contributed by atoms with Gasteiger partial charge in [-0.05, 0) is 26.1 Å². The summed E-state index contributed by atoms with van der Waals surface area (Å²) in [6, 6.07) is 5.84. The van der Waals surface area contributed by atoms with Gasteiger partial charge in [-0.25, -0.2) is 4.98 Å². The van der Waals surface area contributed by atoms with Crippen molar-refractivity contribution in [3.63, 3.8) is 0 Å². The molecule has 0 aliphatic heterocycles. The Labute approximate surface area is 88.4 Å². The zero-order chi connectivity index (χ0) is 10.7. The van der Waals surface area contributed by atoms with Gasteiger partial charge >= 0.3 is 0 Å². The van der Waals surface area contributed by atoms with Crippen molar-refractivity contribution >= 4 is 0 Å². The Morgan fingerprint density at radius 2 is 2.27 bits per heavy atom. The Bertz CT molecular complexity index is 424. The van der Waals surface area contributed by atoms with Crippen LogP contribution in [0.2, 0.25) is 0 Å². The highest BCUT2D eigenvalue weighted by atomic mass is 16.3. The van der Waals surface area contributed by atoms with Gasteiger partial charge in [0.15, 0.2) is 0 Å². The second-order valence-corrected chi connectivity index (χ2v) is 3.30. The summed E-state index contributed by atoms with van der Waals surface area (Å²) >= 11 is 0. The highest BCUT2D eigenvalue weighted by molar-refractivity contribution is 5.46. The van der Waals surface area contributed by atoms with E-state index in [4.69, 9.17) is 4.42 Å². The molecule has 1 atom stereocenters. The van der Waals surface area contributed by atoms with Crippen LogP contribution in [0.1, 0.15) is 18.7 Å². The summed E-state index contributed by atoms with van der Waals surface area (Å²) in [6.07, 6.45) is 3.38. The second-order valence-electron chi connectivity index (χ2n) is 3.30. The minimum Gasteiger partial charge on any atom is -0.443 e. The van der Waals surface area contributed by atoms with Crippen LogP contribution < -0.4 is 5.32 Å². The first-order chi connectivity index (χ1) is 7.31. The lowest BCUT2D eigenvalue weighted by molar-refractivity contribution is 0.562. The molecular weight excluding hydrogens is 190 g/mol. The molecule has 0 spiro atoms. The largest absolute Gasteiger partial charge is 0.443 e. The van der Waals surface area contributed by atoms with Gasteiger partial charge in [0.05, 0.1) is 5.69 Å². The maximum atomic E-state index is 5.36. The molecule has 4 heteroatoms. The highest BCUT2D eigenvalue weighted by Gasteiger charge is 2.11. The predicted octanol–water partition coefficient (Wildman–Crippen LogP) is 2.02. The van der Waals surface area contributed by atoms with Gasteiger partial charge in [0.2, 0.25) is 5.89 Å². The lowest BCUT2D eigenvalue weighted by Crippen LogP contribution is -2.12. The van der Waals surface area contributed by atoms with Gasteiger partial charge in [-0.1, -0.05) is 6.07 Å². The Hall–Kier alpha value is -1.68. The molecule has 0 amide bonds. The average Bonchev–Trinajstić information content (AvgIpc) is 2.78. The summed E-state index contributed by atoms with van der Waals surface area (Å²) in [4.78, 5) is 8.53. The number of pyridine rings is 1. The SMILES string of the molecule is CNC(C)c1coc(-c2ccccn2)n1. The third-order valence-electron chi connectivity index (χ3n) is 2.28. The molecule has 2 aromatic rings. The van der Waals surface area contributed by atoms with Crippen molar-refractivity contribution in [1.29, 1.82) is 0 Å². The molecular formula is C11H13N3O. The van der Waals surface area contributed by atoms with Gasteiger partial charge in [0, 0.05) is 12.2 Å². The topological polar surface area (TPSA) is 51.0 Å². The maximum Gasteiger partial charge on any atom is 0.245 e. The lowest BCUT2D eigenvalue weighted by atomic mass is 10.3. The first kappa shape index (κ1) is 9.86. The van der Waals surface area contributed by atoms with Crippen LogP contribution in [0, 0.1) is 0 Å². The monoisotopic (exact) mass is 203 g/mol. The van der Waals surface area contributed by atoms with Crippen molar-refractivity contribution in [2.45, 2.75) is 13.0 Å². The summed E-state index contributed by atoms with van der Waals surface area (Å²) in [5.74, 6) is 0.563. The average molecular weight is 203 g/mol. The zero-order valence-corrected chi connectivity index (χ0v) is 8.77. The standard InChI is InChI=1S/C11H13N3O/c1-8(12-2)10-7-15-11(14-10)9-5-3-4-6-13-9/h3-8,12H,1-2H3. The number of nitrogens with one attached hydrogen (secondary N) is 1. The van der Waals surface area contributed by atoms with Crippen molar-refractivity contribution in [3.05, 3.63) is 36.4 Å². The molecule has 0 bridgehead atoms. The zero-order valence-electron chi connectivity index (χ0n) is 8.77. The van der Waals surface area contributed by atoms with Crippen molar-refractivity contribution in [2.24, 2.45) is 0 Å². The number of aromatic nitrogens is 2. The minimum atomic E-state index is 0.186. The Morgan fingerprint density at radius 1 is 1.40 bits per heavy atom. The Kier molecular flexibility index (Phi) is 2.78. The summed E-state index contributed by atoms with van der Waals surface area (Å²) in [5.41, 5.74) is 1.64. The van der Waals surface area contributed by atoms with Crippen LogP contribution in [0.25, 0.3) is 11.6 Å². The molecule has 0 aliphatic carbocycles. The molecule has 2 heterocycles. The Morgan fingerprint density at radius 3 is 2.93 bits per heavy atom. The first-order valence-electron chi connectivity index (χ1n) is 4.85. The molecule has 0 fully saturated rings.